The molecule has 1 heterocycles. The number of aryl methyl sites for hydroxylation is 3. The fraction of sp³-hybridized carbons (Fsp3) is 0.500. The Hall–Kier alpha value is -2.43. The van der Waals surface area contributed by atoms with Crippen LogP contribution in [0.15, 0.2) is 23.8 Å². The van der Waals surface area contributed by atoms with E-state index in [9.17, 15) is 14.4 Å². The van der Waals surface area contributed by atoms with E-state index in [1.807, 2.05) is 0 Å². The predicted molar refractivity (Wildman–Crippen MR) is 104 cm³/mol. The second-order valence-electron chi connectivity index (χ2n) is 6.97. The lowest BCUT2D eigenvalue weighted by molar-refractivity contribution is -0.144. The van der Waals surface area contributed by atoms with Crippen molar-refractivity contribution in [2.75, 3.05) is 0 Å². The molecule has 1 aromatic rings. The fourth-order valence-corrected chi connectivity index (χ4v) is 3.42. The van der Waals surface area contributed by atoms with Crippen molar-refractivity contribution in [1.29, 1.82) is 0 Å². The maximum absolute atomic E-state index is 12.2. The molecule has 0 atom stereocenters. The summed E-state index contributed by atoms with van der Waals surface area (Å²) in [6.07, 6.45) is 7.07. The Morgan fingerprint density at radius 3 is 2.04 bits per heavy atom. The van der Waals surface area contributed by atoms with E-state index < -0.39 is 17.8 Å². The fourth-order valence-electron chi connectivity index (χ4n) is 3.42. The normalized spacial score (nSPS) is 13.5. The summed E-state index contributed by atoms with van der Waals surface area (Å²) in [7, 11) is 0. The number of hydrogen-bond acceptors (Lipinski definition) is 4. The summed E-state index contributed by atoms with van der Waals surface area (Å²) in [6, 6.07) is 4.47. The van der Waals surface area contributed by atoms with Crippen molar-refractivity contribution in [3.63, 3.8) is 0 Å². The van der Waals surface area contributed by atoms with Crippen molar-refractivity contribution in [2.24, 2.45) is 0 Å². The van der Waals surface area contributed by atoms with Crippen LogP contribution in [0.3, 0.4) is 0 Å². The van der Waals surface area contributed by atoms with Gasteiger partial charge in [0.2, 0.25) is 0 Å². The van der Waals surface area contributed by atoms with Crippen molar-refractivity contribution < 1.29 is 19.1 Å². The second kappa shape index (κ2) is 10.0. The van der Waals surface area contributed by atoms with Crippen LogP contribution in [0.1, 0.15) is 68.7 Å². The van der Waals surface area contributed by atoms with Gasteiger partial charge in [0.1, 0.15) is 6.61 Å². The minimum atomic E-state index is -0.515. The Morgan fingerprint density at radius 2 is 1.56 bits per heavy atom. The Morgan fingerprint density at radius 1 is 0.963 bits per heavy atom. The molecule has 0 unspecified atom stereocenters. The first-order chi connectivity index (χ1) is 13.0. The van der Waals surface area contributed by atoms with Crippen LogP contribution in [-0.4, -0.2) is 17.8 Å². The summed E-state index contributed by atoms with van der Waals surface area (Å²) in [6.45, 7) is 6.67. The summed E-state index contributed by atoms with van der Waals surface area (Å²) in [5.74, 6) is -1.49. The van der Waals surface area contributed by atoms with Crippen molar-refractivity contribution in [2.45, 2.75) is 72.3 Å². The van der Waals surface area contributed by atoms with Crippen LogP contribution < -0.4 is 5.32 Å². The van der Waals surface area contributed by atoms with Gasteiger partial charge in [-0.05, 0) is 41.5 Å². The molecule has 27 heavy (non-hydrogen) atoms. The van der Waals surface area contributed by atoms with E-state index in [-0.39, 0.29) is 18.6 Å². The molecule has 2 rings (SSSR count). The number of benzene rings is 1. The lowest BCUT2D eigenvalue weighted by Crippen LogP contribution is -2.23. The first-order valence-corrected chi connectivity index (χ1v) is 9.83. The molecule has 2 amide bonds. The molecule has 146 valence electrons. The molecule has 0 bridgehead atoms. The van der Waals surface area contributed by atoms with Gasteiger partial charge in [0.05, 0.1) is 6.42 Å². The third-order valence-electron chi connectivity index (χ3n) is 4.62. The number of nitrogens with one attached hydrogen (secondary N) is 1. The van der Waals surface area contributed by atoms with Gasteiger partial charge in [-0.25, -0.2) is 0 Å². The summed E-state index contributed by atoms with van der Waals surface area (Å²) >= 11 is 0. The van der Waals surface area contributed by atoms with Gasteiger partial charge in [-0.15, -0.1) is 0 Å². The maximum Gasteiger partial charge on any atom is 0.310 e. The van der Waals surface area contributed by atoms with E-state index in [1.54, 1.807) is 0 Å². The van der Waals surface area contributed by atoms with E-state index in [4.69, 9.17) is 4.74 Å². The van der Waals surface area contributed by atoms with Gasteiger partial charge in [-0.2, -0.15) is 0 Å². The minimum Gasteiger partial charge on any atom is -0.461 e. The number of amides is 2. The van der Waals surface area contributed by atoms with Crippen LogP contribution >= 0.6 is 0 Å². The van der Waals surface area contributed by atoms with E-state index in [0.29, 0.717) is 0 Å². The molecule has 1 aliphatic heterocycles. The van der Waals surface area contributed by atoms with Gasteiger partial charge in [0, 0.05) is 11.6 Å². The van der Waals surface area contributed by atoms with Crippen LogP contribution in [0.4, 0.5) is 0 Å². The van der Waals surface area contributed by atoms with E-state index >= 15 is 0 Å². The highest BCUT2D eigenvalue weighted by atomic mass is 16.5. The molecule has 1 aromatic carbocycles. The summed E-state index contributed by atoms with van der Waals surface area (Å²) in [4.78, 5) is 34.9. The molecule has 0 aromatic heterocycles. The van der Waals surface area contributed by atoms with Crippen molar-refractivity contribution in [3.05, 3.63) is 46.0 Å². The van der Waals surface area contributed by atoms with Crippen molar-refractivity contribution in [3.8, 4) is 0 Å². The summed E-state index contributed by atoms with van der Waals surface area (Å²) in [5.41, 5.74) is 5.07. The van der Waals surface area contributed by atoms with Crippen molar-refractivity contribution in [1.82, 2.24) is 5.32 Å². The standard InChI is InChI=1S/C22H29NO4/c1-4-7-15-10-16(8-5-2)19(17(11-15)9-6-3)14-27-21(25)13-18-12-20(24)23-22(18)26/h10-12H,4-9,13-14H2,1-3H3,(H,23,24,26). The number of ether oxygens (including phenoxy) is 1. The molecule has 0 fully saturated rings. The molecular weight excluding hydrogens is 342 g/mol. The molecule has 1 N–H and O–H groups in total. The van der Waals surface area contributed by atoms with Crippen LogP contribution in [0.2, 0.25) is 0 Å². The SMILES string of the molecule is CCCc1cc(CCC)c(COC(=O)CC2=CC(=O)NC2=O)c(CCC)c1. The topological polar surface area (TPSA) is 72.5 Å². The van der Waals surface area contributed by atoms with Gasteiger partial charge in [-0.1, -0.05) is 52.2 Å². The van der Waals surface area contributed by atoms with Crippen LogP contribution in [0.5, 0.6) is 0 Å². The monoisotopic (exact) mass is 371 g/mol. The summed E-state index contributed by atoms with van der Waals surface area (Å²) in [5, 5.41) is 2.14. The van der Waals surface area contributed by atoms with E-state index in [2.05, 4.69) is 38.2 Å². The smallest absolute Gasteiger partial charge is 0.310 e. The number of rotatable bonds is 10. The second-order valence-corrected chi connectivity index (χ2v) is 6.97. The van der Waals surface area contributed by atoms with Crippen LogP contribution in [0.25, 0.3) is 0 Å². The highest BCUT2D eigenvalue weighted by Gasteiger charge is 2.23. The molecule has 0 spiro atoms. The number of carbonyl (C=O) groups is 3. The van der Waals surface area contributed by atoms with Crippen LogP contribution in [0, 0.1) is 0 Å². The zero-order valence-corrected chi connectivity index (χ0v) is 16.5. The number of hydrogen-bond donors (Lipinski definition) is 1. The Balaban J connectivity index is 2.15. The predicted octanol–water partition coefficient (Wildman–Crippen LogP) is 3.56. The van der Waals surface area contributed by atoms with Crippen LogP contribution in [-0.2, 0) is 45.0 Å². The Labute approximate surface area is 161 Å². The average Bonchev–Trinajstić information content (AvgIpc) is 2.92. The lowest BCUT2D eigenvalue weighted by Gasteiger charge is -2.17. The first-order valence-electron chi connectivity index (χ1n) is 9.83. The lowest BCUT2D eigenvalue weighted by atomic mass is 9.91. The van der Waals surface area contributed by atoms with E-state index in [1.165, 1.54) is 16.7 Å². The highest BCUT2D eigenvalue weighted by Crippen LogP contribution is 2.23. The molecule has 5 nitrogen and oxygen atoms in total. The molecule has 0 aliphatic carbocycles. The third-order valence-corrected chi connectivity index (χ3v) is 4.62. The number of imide groups is 1. The minimum absolute atomic E-state index is 0.158. The first kappa shape index (κ1) is 20.9. The zero-order chi connectivity index (χ0) is 19.8. The summed E-state index contributed by atoms with van der Waals surface area (Å²) < 4.78 is 5.48. The largest absolute Gasteiger partial charge is 0.461 e. The Kier molecular flexibility index (Phi) is 7.77. The number of carbonyl (C=O) groups excluding carboxylic acids is 3. The van der Waals surface area contributed by atoms with Crippen molar-refractivity contribution >= 4 is 17.8 Å². The van der Waals surface area contributed by atoms with Gasteiger partial charge >= 0.3 is 5.97 Å². The molecule has 0 saturated heterocycles. The molecule has 0 saturated carbocycles. The van der Waals surface area contributed by atoms with Gasteiger partial charge in [0.15, 0.2) is 0 Å². The zero-order valence-electron chi connectivity index (χ0n) is 16.5. The van der Waals surface area contributed by atoms with E-state index in [0.717, 1.165) is 50.2 Å². The highest BCUT2D eigenvalue weighted by molar-refractivity contribution is 6.17. The average molecular weight is 371 g/mol. The van der Waals surface area contributed by atoms with Gasteiger partial charge in [-0.3, -0.25) is 19.7 Å². The molecular formula is C22H29NO4. The third kappa shape index (κ3) is 5.78. The number of esters is 1. The van der Waals surface area contributed by atoms with Gasteiger partial charge in [0.25, 0.3) is 11.8 Å². The maximum atomic E-state index is 12.2. The van der Waals surface area contributed by atoms with Gasteiger partial charge < -0.3 is 4.74 Å². The molecule has 0 radical (unpaired) electrons. The molecule has 1 aliphatic rings. The Bertz CT molecular complexity index is 722. The molecule has 5 heteroatoms. The quantitative estimate of drug-likeness (QED) is 0.504.